The van der Waals surface area contributed by atoms with Crippen LogP contribution in [0.2, 0.25) is 0 Å². The average Bonchev–Trinajstić information content (AvgIpc) is 2.82. The van der Waals surface area contributed by atoms with Crippen LogP contribution in [0.4, 0.5) is 11.4 Å². The van der Waals surface area contributed by atoms with E-state index >= 15 is 0 Å². The molecular weight excluding hydrogens is 539 g/mol. The van der Waals surface area contributed by atoms with Crippen molar-refractivity contribution < 1.29 is 19.2 Å². The number of ether oxygens (including phenoxy) is 2. The third-order valence-corrected chi connectivity index (χ3v) is 5.21. The molecule has 2 N–H and O–H groups in total. The predicted molar refractivity (Wildman–Crippen MR) is 134 cm³/mol. The van der Waals surface area contributed by atoms with Crippen LogP contribution < -0.4 is 20.2 Å². The summed E-state index contributed by atoms with van der Waals surface area (Å²) >= 11 is 2.12. The summed E-state index contributed by atoms with van der Waals surface area (Å²) in [4.78, 5) is 22.3. The number of non-ortho nitro benzene ring substituents is 1. The van der Waals surface area contributed by atoms with Crippen molar-refractivity contribution in [3.63, 3.8) is 0 Å². The van der Waals surface area contributed by atoms with E-state index in [0.717, 1.165) is 20.4 Å². The van der Waals surface area contributed by atoms with Gasteiger partial charge in [0.15, 0.2) is 11.5 Å². The second-order valence-electron chi connectivity index (χ2n) is 6.76. The summed E-state index contributed by atoms with van der Waals surface area (Å²) in [6.45, 7) is 0.319. The van der Waals surface area contributed by atoms with Crippen molar-refractivity contribution in [2.75, 3.05) is 19.0 Å². The number of nitro benzene ring substituents is 1. The lowest BCUT2D eigenvalue weighted by atomic mass is 10.2. The van der Waals surface area contributed by atoms with E-state index in [-0.39, 0.29) is 24.7 Å². The number of benzene rings is 3. The summed E-state index contributed by atoms with van der Waals surface area (Å²) in [6.07, 6.45) is 1.52. The van der Waals surface area contributed by atoms with Gasteiger partial charge in [0.05, 0.1) is 28.4 Å². The molecule has 170 valence electrons. The number of nitro groups is 1. The quantitative estimate of drug-likeness (QED) is 0.165. The number of carbonyl (C=O) groups is 1. The van der Waals surface area contributed by atoms with Gasteiger partial charge in [-0.05, 0) is 70.1 Å². The van der Waals surface area contributed by atoms with Crippen molar-refractivity contribution in [1.29, 1.82) is 0 Å². The van der Waals surface area contributed by atoms with Crippen LogP contribution in [0.1, 0.15) is 11.1 Å². The Kier molecular flexibility index (Phi) is 8.58. The van der Waals surface area contributed by atoms with Gasteiger partial charge in [-0.3, -0.25) is 14.9 Å². The third kappa shape index (κ3) is 7.17. The Morgan fingerprint density at radius 1 is 1.15 bits per heavy atom. The van der Waals surface area contributed by atoms with E-state index in [1.54, 1.807) is 18.2 Å². The highest BCUT2D eigenvalue weighted by Crippen LogP contribution is 2.34. The molecule has 33 heavy (non-hydrogen) atoms. The summed E-state index contributed by atoms with van der Waals surface area (Å²) in [5.74, 6) is 0.770. The predicted octanol–water partition coefficient (Wildman–Crippen LogP) is 4.35. The lowest BCUT2D eigenvalue weighted by Gasteiger charge is -2.13. The third-order valence-electron chi connectivity index (χ3n) is 4.41. The Hall–Kier alpha value is -3.67. The Balaban J connectivity index is 1.58. The van der Waals surface area contributed by atoms with Gasteiger partial charge in [0.2, 0.25) is 0 Å². The summed E-state index contributed by atoms with van der Waals surface area (Å²) < 4.78 is 12.1. The monoisotopic (exact) mass is 560 g/mol. The highest BCUT2D eigenvalue weighted by atomic mass is 127. The van der Waals surface area contributed by atoms with E-state index in [4.69, 9.17) is 9.47 Å². The second-order valence-corrected chi connectivity index (χ2v) is 7.92. The number of para-hydroxylation sites is 1. The van der Waals surface area contributed by atoms with E-state index in [1.807, 2.05) is 36.4 Å². The minimum absolute atomic E-state index is 0.0255. The zero-order chi connectivity index (χ0) is 23.6. The molecule has 0 fully saturated rings. The molecule has 0 radical (unpaired) electrons. The Bertz CT molecular complexity index is 1140. The molecule has 3 rings (SSSR count). The van der Waals surface area contributed by atoms with Gasteiger partial charge in [0, 0.05) is 17.8 Å². The van der Waals surface area contributed by atoms with E-state index in [1.165, 1.54) is 25.5 Å². The Morgan fingerprint density at radius 2 is 1.88 bits per heavy atom. The number of hydrogen-bond donors (Lipinski definition) is 2. The zero-order valence-corrected chi connectivity index (χ0v) is 19.8. The van der Waals surface area contributed by atoms with E-state index in [2.05, 4.69) is 38.4 Å². The number of nitrogens with one attached hydrogen (secondary N) is 2. The number of amides is 1. The van der Waals surface area contributed by atoms with Gasteiger partial charge in [-0.15, -0.1) is 0 Å². The van der Waals surface area contributed by atoms with E-state index in [0.29, 0.717) is 11.5 Å². The molecule has 9 nitrogen and oxygen atoms in total. The standard InChI is InChI=1S/C23H21IN4O5/c1-32-21-12-17(13-26-27-22(29)14-25-18-5-3-2-4-6-18)11-20(24)23(21)33-15-16-7-9-19(10-8-16)28(30)31/h2-13,25H,14-15H2,1H3,(H,27,29)/b26-13-. The molecule has 0 aliphatic carbocycles. The van der Waals surface area contributed by atoms with Crippen LogP contribution >= 0.6 is 22.6 Å². The van der Waals surface area contributed by atoms with Crippen LogP contribution in [-0.2, 0) is 11.4 Å². The first-order valence-electron chi connectivity index (χ1n) is 9.80. The smallest absolute Gasteiger partial charge is 0.269 e. The number of methoxy groups -OCH3 is 1. The first-order valence-corrected chi connectivity index (χ1v) is 10.9. The molecule has 0 aromatic heterocycles. The Morgan fingerprint density at radius 3 is 2.55 bits per heavy atom. The fourth-order valence-electron chi connectivity index (χ4n) is 2.78. The molecule has 0 saturated heterocycles. The minimum Gasteiger partial charge on any atom is -0.493 e. The number of hydrazone groups is 1. The molecule has 3 aromatic carbocycles. The highest BCUT2D eigenvalue weighted by Gasteiger charge is 2.12. The van der Waals surface area contributed by atoms with Gasteiger partial charge in [-0.25, -0.2) is 5.43 Å². The first kappa shape index (κ1) is 24.0. The average molecular weight is 560 g/mol. The van der Waals surface area contributed by atoms with Gasteiger partial charge >= 0.3 is 0 Å². The van der Waals surface area contributed by atoms with E-state index < -0.39 is 4.92 Å². The van der Waals surface area contributed by atoms with Gasteiger partial charge < -0.3 is 14.8 Å². The minimum atomic E-state index is -0.445. The number of halogens is 1. The van der Waals surface area contributed by atoms with Crippen molar-refractivity contribution in [2.45, 2.75) is 6.61 Å². The maximum Gasteiger partial charge on any atom is 0.269 e. The number of hydrogen-bond acceptors (Lipinski definition) is 7. The van der Waals surface area contributed by atoms with E-state index in [9.17, 15) is 14.9 Å². The molecule has 0 aliphatic rings. The van der Waals surface area contributed by atoms with Crippen LogP contribution in [0.3, 0.4) is 0 Å². The van der Waals surface area contributed by atoms with Gasteiger partial charge in [-0.1, -0.05) is 18.2 Å². The van der Waals surface area contributed by atoms with Crippen LogP contribution in [0.25, 0.3) is 0 Å². The lowest BCUT2D eigenvalue weighted by Crippen LogP contribution is -2.25. The van der Waals surface area contributed by atoms with Crippen molar-refractivity contribution in [2.24, 2.45) is 5.10 Å². The number of nitrogens with zero attached hydrogens (tertiary/aromatic N) is 2. The molecule has 0 bridgehead atoms. The molecule has 10 heteroatoms. The molecule has 0 unspecified atom stereocenters. The molecule has 0 atom stereocenters. The SMILES string of the molecule is COc1cc(/C=N\NC(=O)CNc2ccccc2)cc(I)c1OCc1ccc([N+](=O)[O-])cc1. The zero-order valence-electron chi connectivity index (χ0n) is 17.7. The summed E-state index contributed by atoms with van der Waals surface area (Å²) in [6, 6.07) is 19.1. The number of anilines is 1. The van der Waals surface area contributed by atoms with Crippen molar-refractivity contribution in [1.82, 2.24) is 5.43 Å². The maximum absolute atomic E-state index is 12.0. The molecule has 0 saturated carbocycles. The maximum atomic E-state index is 12.0. The highest BCUT2D eigenvalue weighted by molar-refractivity contribution is 14.1. The van der Waals surface area contributed by atoms with Crippen molar-refractivity contribution >= 4 is 46.1 Å². The van der Waals surface area contributed by atoms with Gasteiger partial charge in [0.25, 0.3) is 11.6 Å². The Labute approximate surface area is 204 Å². The summed E-state index contributed by atoms with van der Waals surface area (Å²) in [7, 11) is 1.53. The lowest BCUT2D eigenvalue weighted by molar-refractivity contribution is -0.384. The van der Waals surface area contributed by atoms with Crippen LogP contribution in [0.15, 0.2) is 71.8 Å². The normalized spacial score (nSPS) is 10.6. The summed E-state index contributed by atoms with van der Waals surface area (Å²) in [5.41, 5.74) is 4.86. The fraction of sp³-hybridized carbons (Fsp3) is 0.130. The van der Waals surface area contributed by atoms with Crippen molar-refractivity contribution in [3.05, 3.63) is 91.5 Å². The topological polar surface area (TPSA) is 115 Å². The van der Waals surface area contributed by atoms with Gasteiger partial charge in [-0.2, -0.15) is 5.10 Å². The van der Waals surface area contributed by atoms with Crippen LogP contribution in [0, 0.1) is 13.7 Å². The number of carbonyl (C=O) groups excluding carboxylic acids is 1. The largest absolute Gasteiger partial charge is 0.493 e. The molecule has 0 heterocycles. The van der Waals surface area contributed by atoms with Crippen LogP contribution in [0.5, 0.6) is 11.5 Å². The molecular formula is C23H21IN4O5. The fourth-order valence-corrected chi connectivity index (χ4v) is 3.56. The molecule has 1 amide bonds. The second kappa shape index (κ2) is 11.8. The molecule has 0 aliphatic heterocycles. The summed E-state index contributed by atoms with van der Waals surface area (Å²) in [5, 5.41) is 17.8. The molecule has 3 aromatic rings. The number of rotatable bonds is 10. The van der Waals surface area contributed by atoms with Gasteiger partial charge in [0.1, 0.15) is 6.61 Å². The molecule has 0 spiro atoms. The van der Waals surface area contributed by atoms with Crippen LogP contribution in [-0.4, -0.2) is 30.7 Å². The first-order chi connectivity index (χ1) is 16.0. The van der Waals surface area contributed by atoms with Crippen molar-refractivity contribution in [3.8, 4) is 11.5 Å².